The Balaban J connectivity index is 1.93. The van der Waals surface area contributed by atoms with Crippen molar-refractivity contribution in [2.24, 2.45) is 0 Å². The molecule has 6 nitrogen and oxygen atoms in total. The summed E-state index contributed by atoms with van der Waals surface area (Å²) in [4.78, 5) is 28.4. The first-order chi connectivity index (χ1) is 11.1. The Morgan fingerprint density at radius 1 is 1.09 bits per heavy atom. The molecule has 2 aliphatic heterocycles. The molecular formula is C15H8ClFN2O4. The van der Waals surface area contributed by atoms with E-state index in [1.54, 1.807) is 24.3 Å². The van der Waals surface area contributed by atoms with E-state index in [0.29, 0.717) is 11.5 Å². The molecule has 8 heteroatoms. The first-order valence-corrected chi connectivity index (χ1v) is 7.13. The van der Waals surface area contributed by atoms with Crippen LogP contribution in [0, 0.1) is 5.95 Å². The van der Waals surface area contributed by atoms with Crippen molar-refractivity contribution >= 4 is 29.1 Å². The van der Waals surface area contributed by atoms with Gasteiger partial charge in [0.2, 0.25) is 23.5 Å². The lowest BCUT2D eigenvalue weighted by Gasteiger charge is -2.25. The average Bonchev–Trinajstić information content (AvgIpc) is 2.86. The van der Waals surface area contributed by atoms with Gasteiger partial charge < -0.3 is 9.47 Å². The fourth-order valence-corrected chi connectivity index (χ4v) is 2.72. The van der Waals surface area contributed by atoms with Crippen molar-refractivity contribution in [2.75, 3.05) is 4.90 Å². The van der Waals surface area contributed by atoms with Gasteiger partial charge in [-0.25, -0.2) is 4.90 Å². The standard InChI is InChI=1S/C15H8ClFN2O4/c16-11-12(19-9(20)5-6-10(19)21)13-15(18-14(11)17)23-8-4-2-1-3-7(8)22-13/h1-4H,5-6H2. The minimum atomic E-state index is -1.05. The minimum absolute atomic E-state index is 0.0331. The first-order valence-electron chi connectivity index (χ1n) is 6.76. The fourth-order valence-electron chi connectivity index (χ4n) is 2.51. The van der Waals surface area contributed by atoms with Crippen LogP contribution in [0.5, 0.6) is 23.1 Å². The number of fused-ring (bicyclic) bond motifs is 2. The highest BCUT2D eigenvalue weighted by molar-refractivity contribution is 6.36. The van der Waals surface area contributed by atoms with Crippen LogP contribution in [0.1, 0.15) is 12.8 Å². The van der Waals surface area contributed by atoms with Crippen molar-refractivity contribution in [3.63, 3.8) is 0 Å². The summed E-state index contributed by atoms with van der Waals surface area (Å²) in [6, 6.07) is 6.69. The number of aromatic nitrogens is 1. The van der Waals surface area contributed by atoms with Crippen molar-refractivity contribution in [1.29, 1.82) is 0 Å². The molecule has 1 aromatic carbocycles. The number of nitrogens with zero attached hydrogens (tertiary/aromatic N) is 2. The van der Waals surface area contributed by atoms with Crippen LogP contribution in [-0.4, -0.2) is 16.8 Å². The predicted octanol–water partition coefficient (Wildman–Crippen LogP) is 3.43. The van der Waals surface area contributed by atoms with E-state index in [0.717, 1.165) is 4.90 Å². The summed E-state index contributed by atoms with van der Waals surface area (Å²) in [6.45, 7) is 0. The third kappa shape index (κ3) is 2.04. The van der Waals surface area contributed by atoms with E-state index in [4.69, 9.17) is 21.1 Å². The second-order valence-electron chi connectivity index (χ2n) is 4.97. The molecule has 0 atom stereocenters. The number of amides is 2. The molecule has 4 rings (SSSR count). The molecule has 3 heterocycles. The number of para-hydroxylation sites is 2. The monoisotopic (exact) mass is 334 g/mol. The van der Waals surface area contributed by atoms with Gasteiger partial charge in [-0.15, -0.1) is 0 Å². The van der Waals surface area contributed by atoms with Crippen molar-refractivity contribution < 1.29 is 23.5 Å². The quantitative estimate of drug-likeness (QED) is 0.504. The summed E-state index contributed by atoms with van der Waals surface area (Å²) in [5, 5.41) is -0.463. The van der Waals surface area contributed by atoms with Crippen LogP contribution in [0.4, 0.5) is 10.1 Å². The second kappa shape index (κ2) is 4.92. The molecule has 0 unspecified atom stereocenters. The number of anilines is 1. The summed E-state index contributed by atoms with van der Waals surface area (Å²) in [5.41, 5.74) is -0.170. The fraction of sp³-hybridized carbons (Fsp3) is 0.133. The zero-order chi connectivity index (χ0) is 16.1. The Bertz CT molecular complexity index is 855. The number of hydrogen-bond donors (Lipinski definition) is 0. The van der Waals surface area contributed by atoms with Gasteiger partial charge in [0, 0.05) is 12.8 Å². The third-order valence-corrected chi connectivity index (χ3v) is 3.88. The Labute approximate surface area is 134 Å². The molecule has 2 aromatic rings. The summed E-state index contributed by atoms with van der Waals surface area (Å²) in [7, 11) is 0. The van der Waals surface area contributed by atoms with E-state index >= 15 is 0 Å². The highest BCUT2D eigenvalue weighted by Gasteiger charge is 2.38. The maximum absolute atomic E-state index is 14.0. The molecule has 1 aromatic heterocycles. The molecule has 0 radical (unpaired) electrons. The maximum Gasteiger partial charge on any atom is 0.268 e. The average molecular weight is 335 g/mol. The predicted molar refractivity (Wildman–Crippen MR) is 77.5 cm³/mol. The summed E-state index contributed by atoms with van der Waals surface area (Å²) in [5.74, 6) is -1.55. The summed E-state index contributed by atoms with van der Waals surface area (Å²) < 4.78 is 25.2. The van der Waals surface area contributed by atoms with Crippen LogP contribution in [0.2, 0.25) is 5.02 Å². The number of hydrogen-bond acceptors (Lipinski definition) is 5. The Morgan fingerprint density at radius 3 is 2.35 bits per heavy atom. The van der Waals surface area contributed by atoms with E-state index in [1.165, 1.54) is 0 Å². The number of carbonyl (C=O) groups excluding carboxylic acids is 2. The van der Waals surface area contributed by atoms with Crippen molar-refractivity contribution in [3.05, 3.63) is 35.2 Å². The number of ether oxygens (including phenoxy) is 2. The van der Waals surface area contributed by atoms with Gasteiger partial charge in [-0.2, -0.15) is 9.37 Å². The van der Waals surface area contributed by atoms with Crippen LogP contribution in [0.15, 0.2) is 24.3 Å². The van der Waals surface area contributed by atoms with Crippen molar-refractivity contribution in [3.8, 4) is 23.1 Å². The number of halogens is 2. The number of imide groups is 1. The molecule has 0 spiro atoms. The number of pyridine rings is 1. The van der Waals surface area contributed by atoms with Gasteiger partial charge in [-0.05, 0) is 12.1 Å². The lowest BCUT2D eigenvalue weighted by Crippen LogP contribution is -2.30. The lowest BCUT2D eigenvalue weighted by molar-refractivity contribution is -0.121. The van der Waals surface area contributed by atoms with Crippen molar-refractivity contribution in [2.45, 2.75) is 12.8 Å². The van der Waals surface area contributed by atoms with Gasteiger partial charge in [0.25, 0.3) is 5.88 Å². The van der Waals surface area contributed by atoms with E-state index in [2.05, 4.69) is 4.98 Å². The zero-order valence-corrected chi connectivity index (χ0v) is 12.3. The highest BCUT2D eigenvalue weighted by atomic mass is 35.5. The molecule has 2 aliphatic rings. The molecule has 116 valence electrons. The van der Waals surface area contributed by atoms with Crippen LogP contribution < -0.4 is 14.4 Å². The van der Waals surface area contributed by atoms with Gasteiger partial charge in [0.05, 0.1) is 0 Å². The Kier molecular flexibility index (Phi) is 2.99. The van der Waals surface area contributed by atoms with E-state index in [-0.39, 0.29) is 30.2 Å². The SMILES string of the molecule is O=C1CCC(=O)N1c1c(Cl)c(F)nc2c1Oc1ccccc1O2. The van der Waals surface area contributed by atoms with Crippen LogP contribution in [0.3, 0.4) is 0 Å². The van der Waals surface area contributed by atoms with Crippen LogP contribution in [0.25, 0.3) is 0 Å². The van der Waals surface area contributed by atoms with E-state index < -0.39 is 22.8 Å². The molecule has 0 saturated carbocycles. The molecule has 0 aliphatic carbocycles. The molecule has 1 saturated heterocycles. The molecule has 0 bridgehead atoms. The van der Waals surface area contributed by atoms with E-state index in [9.17, 15) is 14.0 Å². The van der Waals surface area contributed by atoms with Gasteiger partial charge in [0.15, 0.2) is 11.5 Å². The van der Waals surface area contributed by atoms with Gasteiger partial charge >= 0.3 is 0 Å². The van der Waals surface area contributed by atoms with Gasteiger partial charge in [-0.3, -0.25) is 9.59 Å². The molecular weight excluding hydrogens is 327 g/mol. The maximum atomic E-state index is 14.0. The third-order valence-electron chi connectivity index (χ3n) is 3.54. The highest BCUT2D eigenvalue weighted by Crippen LogP contribution is 2.52. The van der Waals surface area contributed by atoms with E-state index in [1.807, 2.05) is 0 Å². The zero-order valence-electron chi connectivity index (χ0n) is 11.5. The smallest absolute Gasteiger partial charge is 0.268 e. The van der Waals surface area contributed by atoms with Crippen molar-refractivity contribution in [1.82, 2.24) is 4.98 Å². The normalized spacial score (nSPS) is 15.8. The van der Waals surface area contributed by atoms with Crippen LogP contribution in [-0.2, 0) is 9.59 Å². The topological polar surface area (TPSA) is 68.7 Å². The Morgan fingerprint density at radius 2 is 1.70 bits per heavy atom. The summed E-state index contributed by atoms with van der Waals surface area (Å²) >= 11 is 5.95. The number of carbonyl (C=O) groups is 2. The molecule has 2 amide bonds. The number of benzene rings is 1. The first kappa shape index (κ1) is 14.0. The van der Waals surface area contributed by atoms with Gasteiger partial charge in [0.1, 0.15) is 10.7 Å². The minimum Gasteiger partial charge on any atom is -0.445 e. The van der Waals surface area contributed by atoms with Gasteiger partial charge in [-0.1, -0.05) is 23.7 Å². The number of rotatable bonds is 1. The second-order valence-corrected chi connectivity index (χ2v) is 5.35. The Hall–Kier alpha value is -2.67. The molecule has 23 heavy (non-hydrogen) atoms. The summed E-state index contributed by atoms with van der Waals surface area (Å²) in [6.07, 6.45) is 0.0661. The molecule has 1 fully saturated rings. The molecule has 0 N–H and O–H groups in total. The van der Waals surface area contributed by atoms with Crippen LogP contribution >= 0.6 is 11.6 Å². The largest absolute Gasteiger partial charge is 0.445 e. The lowest BCUT2D eigenvalue weighted by atomic mass is 10.2.